The summed E-state index contributed by atoms with van der Waals surface area (Å²) in [5, 5.41) is 0. The molecule has 1 rings (SSSR count). The van der Waals surface area contributed by atoms with Crippen LogP contribution in [0.3, 0.4) is 0 Å². The fraction of sp³-hybridized carbons (Fsp3) is 0. The van der Waals surface area contributed by atoms with Gasteiger partial charge in [-0.2, -0.15) is 0 Å². The van der Waals surface area contributed by atoms with E-state index in [1.807, 2.05) is 18.2 Å². The summed E-state index contributed by atoms with van der Waals surface area (Å²) in [6.07, 6.45) is 0.250. The molecule has 0 fully saturated rings. The number of nitrogens with two attached hydrogens (primary N) is 1. The highest BCUT2D eigenvalue weighted by Crippen LogP contribution is 1.99. The molecule has 0 aliphatic rings. The van der Waals surface area contributed by atoms with Gasteiger partial charge in [-0.15, -0.1) is 0 Å². The van der Waals surface area contributed by atoms with E-state index in [1.54, 1.807) is 0 Å². The van der Waals surface area contributed by atoms with Crippen LogP contribution in [0.15, 0.2) is 30.3 Å². The zero-order valence-electron chi connectivity index (χ0n) is 5.33. The topological polar surface area (TPSA) is 43.1 Å². The van der Waals surface area contributed by atoms with Crippen LogP contribution in [0.5, 0.6) is 0 Å². The summed E-state index contributed by atoms with van der Waals surface area (Å²) < 4.78 is 1.29. The number of benzene rings is 1. The molecule has 0 atom stereocenters. The number of carbonyl (C=O) groups is 1. The standard InChI is InChI=1S/C6H5I.CH3NO/c7-6-4-2-1-3-5-6;2-1-3/h1-5H;1H,(H2,2,3). The third kappa shape index (κ3) is 5.55. The normalized spacial score (nSPS) is 7.30. The number of rotatable bonds is 0. The number of halogens is 1. The minimum absolute atomic E-state index is 0.250. The molecule has 0 radical (unpaired) electrons. The smallest absolute Gasteiger partial charge is 0.204 e. The van der Waals surface area contributed by atoms with Gasteiger partial charge in [0.1, 0.15) is 0 Å². The van der Waals surface area contributed by atoms with Crippen molar-refractivity contribution in [3.05, 3.63) is 33.9 Å². The third-order valence-corrected chi connectivity index (χ3v) is 1.45. The van der Waals surface area contributed by atoms with Crippen LogP contribution in [0.2, 0.25) is 0 Å². The first-order valence-corrected chi connectivity index (χ1v) is 3.75. The molecule has 2 N–H and O–H groups in total. The van der Waals surface area contributed by atoms with Crippen LogP contribution < -0.4 is 5.73 Å². The second-order valence-electron chi connectivity index (χ2n) is 1.43. The van der Waals surface area contributed by atoms with Gasteiger partial charge in [-0.1, -0.05) is 18.2 Å². The maximum Gasteiger partial charge on any atom is 0.204 e. The summed E-state index contributed by atoms with van der Waals surface area (Å²) in [6, 6.07) is 10.2. The lowest BCUT2D eigenvalue weighted by Crippen LogP contribution is -1.82. The van der Waals surface area contributed by atoms with Crippen molar-refractivity contribution >= 4 is 29.0 Å². The van der Waals surface area contributed by atoms with Gasteiger partial charge >= 0.3 is 0 Å². The number of hydrogen-bond acceptors (Lipinski definition) is 1. The van der Waals surface area contributed by atoms with E-state index in [4.69, 9.17) is 4.79 Å². The van der Waals surface area contributed by atoms with Gasteiger partial charge in [0.25, 0.3) is 0 Å². The molecule has 0 saturated carbocycles. The van der Waals surface area contributed by atoms with Crippen molar-refractivity contribution in [1.29, 1.82) is 0 Å². The largest absolute Gasteiger partial charge is 0.372 e. The van der Waals surface area contributed by atoms with Crippen LogP contribution in [0.4, 0.5) is 0 Å². The Morgan fingerprint density at radius 2 is 1.70 bits per heavy atom. The van der Waals surface area contributed by atoms with Gasteiger partial charge in [0.2, 0.25) is 6.41 Å². The first kappa shape index (κ1) is 9.42. The Kier molecular flexibility index (Phi) is 6.16. The van der Waals surface area contributed by atoms with Gasteiger partial charge < -0.3 is 5.73 Å². The first-order valence-electron chi connectivity index (χ1n) is 2.67. The average molecular weight is 249 g/mol. The molecule has 1 amide bonds. The molecule has 0 spiro atoms. The van der Waals surface area contributed by atoms with E-state index in [0.29, 0.717) is 0 Å². The Morgan fingerprint density at radius 3 is 1.90 bits per heavy atom. The van der Waals surface area contributed by atoms with Crippen molar-refractivity contribution in [3.63, 3.8) is 0 Å². The highest BCUT2D eigenvalue weighted by molar-refractivity contribution is 14.1. The van der Waals surface area contributed by atoms with E-state index < -0.39 is 0 Å². The summed E-state index contributed by atoms with van der Waals surface area (Å²) in [6.45, 7) is 0. The van der Waals surface area contributed by atoms with Gasteiger partial charge in [0.15, 0.2) is 0 Å². The quantitative estimate of drug-likeness (QED) is 0.548. The zero-order chi connectivity index (χ0) is 7.82. The van der Waals surface area contributed by atoms with E-state index in [-0.39, 0.29) is 6.41 Å². The minimum Gasteiger partial charge on any atom is -0.372 e. The van der Waals surface area contributed by atoms with Gasteiger partial charge in [0.05, 0.1) is 0 Å². The Morgan fingerprint density at radius 1 is 1.30 bits per heavy atom. The van der Waals surface area contributed by atoms with Gasteiger partial charge in [-0.25, -0.2) is 0 Å². The predicted molar refractivity (Wildman–Crippen MR) is 49.4 cm³/mol. The fourth-order valence-electron chi connectivity index (χ4n) is 0.415. The van der Waals surface area contributed by atoms with Gasteiger partial charge in [-0.05, 0) is 34.7 Å². The molecule has 0 unspecified atom stereocenters. The minimum atomic E-state index is 0.250. The van der Waals surface area contributed by atoms with Gasteiger partial charge in [-0.3, -0.25) is 4.79 Å². The lowest BCUT2D eigenvalue weighted by Gasteiger charge is -1.80. The Hall–Kier alpha value is -0.580. The van der Waals surface area contributed by atoms with Crippen molar-refractivity contribution in [2.45, 2.75) is 0 Å². The Balaban J connectivity index is 0.000000236. The first-order chi connectivity index (χ1) is 4.81. The second kappa shape index (κ2) is 6.54. The van der Waals surface area contributed by atoms with Crippen LogP contribution in [0, 0.1) is 3.57 Å². The highest BCUT2D eigenvalue weighted by atomic mass is 127. The average Bonchev–Trinajstić information content (AvgIpc) is 1.91. The molecular formula is C7H8INO. The van der Waals surface area contributed by atoms with E-state index in [9.17, 15) is 0 Å². The van der Waals surface area contributed by atoms with E-state index >= 15 is 0 Å². The lowest BCUT2D eigenvalue weighted by molar-refractivity contribution is -0.106. The van der Waals surface area contributed by atoms with E-state index in [0.717, 1.165) is 0 Å². The molecule has 0 aliphatic carbocycles. The van der Waals surface area contributed by atoms with Crippen LogP contribution in [0.25, 0.3) is 0 Å². The van der Waals surface area contributed by atoms with Crippen LogP contribution in [-0.4, -0.2) is 6.41 Å². The molecule has 1 aromatic carbocycles. The van der Waals surface area contributed by atoms with Gasteiger partial charge in [0, 0.05) is 3.57 Å². The molecule has 1 aromatic rings. The Bertz CT molecular complexity index is 176. The van der Waals surface area contributed by atoms with Crippen molar-refractivity contribution < 1.29 is 4.79 Å². The lowest BCUT2D eigenvalue weighted by atomic mass is 10.4. The molecule has 0 bridgehead atoms. The SMILES string of the molecule is Ic1ccccc1.NC=O. The van der Waals surface area contributed by atoms with Crippen molar-refractivity contribution in [2.75, 3.05) is 0 Å². The summed E-state index contributed by atoms with van der Waals surface area (Å²) in [5.41, 5.74) is 4.17. The molecule has 10 heavy (non-hydrogen) atoms. The second-order valence-corrected chi connectivity index (χ2v) is 2.68. The maximum atomic E-state index is 8.58. The monoisotopic (exact) mass is 249 g/mol. The van der Waals surface area contributed by atoms with Crippen LogP contribution >= 0.6 is 22.6 Å². The van der Waals surface area contributed by atoms with Crippen LogP contribution in [0.1, 0.15) is 0 Å². The fourth-order valence-corrected chi connectivity index (χ4v) is 0.830. The number of primary amides is 1. The van der Waals surface area contributed by atoms with E-state index in [1.165, 1.54) is 3.57 Å². The molecule has 0 aromatic heterocycles. The van der Waals surface area contributed by atoms with E-state index in [2.05, 4.69) is 40.5 Å². The molecule has 3 heteroatoms. The zero-order valence-corrected chi connectivity index (χ0v) is 7.49. The molecule has 0 aliphatic heterocycles. The molecule has 54 valence electrons. The molecule has 2 nitrogen and oxygen atoms in total. The molecule has 0 saturated heterocycles. The summed E-state index contributed by atoms with van der Waals surface area (Å²) in [7, 11) is 0. The Labute approximate surface area is 73.6 Å². The molecular weight excluding hydrogens is 241 g/mol. The number of amides is 1. The number of hydrogen-bond donors (Lipinski definition) is 1. The van der Waals surface area contributed by atoms with Crippen LogP contribution in [-0.2, 0) is 4.79 Å². The maximum absolute atomic E-state index is 8.58. The number of carbonyl (C=O) groups excluding carboxylic acids is 1. The summed E-state index contributed by atoms with van der Waals surface area (Å²) >= 11 is 2.28. The highest BCUT2D eigenvalue weighted by Gasteiger charge is 1.74. The summed E-state index contributed by atoms with van der Waals surface area (Å²) in [4.78, 5) is 8.58. The summed E-state index contributed by atoms with van der Waals surface area (Å²) in [5.74, 6) is 0. The molecule has 0 heterocycles. The third-order valence-electron chi connectivity index (χ3n) is 0.733. The van der Waals surface area contributed by atoms with Crippen molar-refractivity contribution in [1.82, 2.24) is 0 Å². The van der Waals surface area contributed by atoms with Crippen molar-refractivity contribution in [3.8, 4) is 0 Å². The predicted octanol–water partition coefficient (Wildman–Crippen LogP) is 1.39. The van der Waals surface area contributed by atoms with Crippen molar-refractivity contribution in [2.24, 2.45) is 5.73 Å².